The minimum atomic E-state index is 0.0702. The summed E-state index contributed by atoms with van der Waals surface area (Å²) in [4.78, 5) is 12.0. The fourth-order valence-corrected chi connectivity index (χ4v) is 4.10. The number of carbonyl (C=O) groups excluding carboxylic acids is 1. The predicted molar refractivity (Wildman–Crippen MR) is 74.1 cm³/mol. The zero-order chi connectivity index (χ0) is 12.8. The van der Waals surface area contributed by atoms with Gasteiger partial charge in [0, 0.05) is 6.04 Å². The lowest BCUT2D eigenvalue weighted by atomic mass is 9.69. The first-order valence-electron chi connectivity index (χ1n) is 6.66. The van der Waals surface area contributed by atoms with Crippen LogP contribution >= 0.6 is 11.8 Å². The molecule has 2 nitrogen and oxygen atoms in total. The van der Waals surface area contributed by atoms with Gasteiger partial charge in [0.05, 0.1) is 5.25 Å². The van der Waals surface area contributed by atoms with Crippen LogP contribution < -0.4 is 5.32 Å². The number of rotatable bonds is 3. The molecule has 0 aromatic rings. The lowest BCUT2D eigenvalue weighted by molar-refractivity contribution is -0.122. The monoisotopic (exact) mass is 255 g/mol. The molecule has 0 aliphatic heterocycles. The van der Waals surface area contributed by atoms with Gasteiger partial charge >= 0.3 is 0 Å². The number of amides is 1. The van der Waals surface area contributed by atoms with Gasteiger partial charge in [0.15, 0.2) is 0 Å². The number of hydrogen-bond donors (Lipinski definition) is 1. The van der Waals surface area contributed by atoms with Crippen molar-refractivity contribution in [3.63, 3.8) is 0 Å². The van der Waals surface area contributed by atoms with Crippen LogP contribution in [-0.4, -0.2) is 23.5 Å². The van der Waals surface area contributed by atoms with Gasteiger partial charge in [-0.05, 0) is 49.2 Å². The third-order valence-corrected chi connectivity index (χ3v) is 6.75. The Labute approximate surface area is 109 Å². The molecule has 1 amide bonds. The number of hydrogen-bond acceptors (Lipinski definition) is 2. The second kappa shape index (κ2) is 4.18. The van der Waals surface area contributed by atoms with Crippen LogP contribution in [0.25, 0.3) is 0 Å². The van der Waals surface area contributed by atoms with Crippen molar-refractivity contribution in [2.75, 3.05) is 6.26 Å². The van der Waals surface area contributed by atoms with E-state index in [-0.39, 0.29) is 11.2 Å². The molecule has 2 bridgehead atoms. The Kier molecular flexibility index (Phi) is 3.26. The molecule has 0 aromatic carbocycles. The number of nitrogens with one attached hydrogen (secondary N) is 1. The highest BCUT2D eigenvalue weighted by Crippen LogP contribution is 2.65. The molecular weight excluding hydrogens is 230 g/mol. The van der Waals surface area contributed by atoms with Crippen LogP contribution in [0.3, 0.4) is 0 Å². The van der Waals surface area contributed by atoms with Crippen molar-refractivity contribution in [1.82, 2.24) is 5.32 Å². The minimum Gasteiger partial charge on any atom is -0.352 e. The Bertz CT molecular complexity index is 328. The van der Waals surface area contributed by atoms with Crippen LogP contribution in [0.2, 0.25) is 0 Å². The first-order chi connectivity index (χ1) is 7.83. The zero-order valence-corrected chi connectivity index (χ0v) is 12.5. The maximum Gasteiger partial charge on any atom is 0.233 e. The summed E-state index contributed by atoms with van der Waals surface area (Å²) < 4.78 is 0. The Balaban J connectivity index is 2.08. The number of fused-ring (bicyclic) bond motifs is 2. The second-order valence-electron chi connectivity index (χ2n) is 6.55. The minimum absolute atomic E-state index is 0.0702. The van der Waals surface area contributed by atoms with Gasteiger partial charge < -0.3 is 5.32 Å². The fourth-order valence-electron chi connectivity index (χ4n) is 3.82. The van der Waals surface area contributed by atoms with Gasteiger partial charge in [0.1, 0.15) is 0 Å². The highest BCUT2D eigenvalue weighted by atomic mass is 32.2. The summed E-state index contributed by atoms with van der Waals surface area (Å²) in [5.74, 6) is 1.01. The average molecular weight is 255 g/mol. The second-order valence-corrected chi connectivity index (χ2v) is 7.73. The van der Waals surface area contributed by atoms with Crippen LogP contribution in [0.15, 0.2) is 0 Å². The molecule has 2 rings (SSSR count). The van der Waals surface area contributed by atoms with E-state index in [1.54, 1.807) is 11.8 Å². The van der Waals surface area contributed by atoms with Crippen molar-refractivity contribution in [1.29, 1.82) is 0 Å². The summed E-state index contributed by atoms with van der Waals surface area (Å²) in [7, 11) is 0. The van der Waals surface area contributed by atoms with Gasteiger partial charge in [-0.15, -0.1) is 0 Å². The van der Waals surface area contributed by atoms with Crippen molar-refractivity contribution in [2.45, 2.75) is 58.2 Å². The molecule has 98 valence electrons. The molecule has 0 aromatic heterocycles. The lowest BCUT2D eigenvalue weighted by Gasteiger charge is -2.39. The summed E-state index contributed by atoms with van der Waals surface area (Å²) in [6, 6.07) is 0.387. The molecule has 17 heavy (non-hydrogen) atoms. The first-order valence-corrected chi connectivity index (χ1v) is 7.95. The van der Waals surface area contributed by atoms with E-state index < -0.39 is 0 Å². The van der Waals surface area contributed by atoms with E-state index in [0.29, 0.717) is 16.9 Å². The normalized spacial score (nSPS) is 40.3. The molecule has 0 radical (unpaired) electrons. The van der Waals surface area contributed by atoms with Crippen LogP contribution in [0.1, 0.15) is 47.0 Å². The molecule has 2 aliphatic carbocycles. The smallest absolute Gasteiger partial charge is 0.233 e. The maximum absolute atomic E-state index is 12.0. The summed E-state index contributed by atoms with van der Waals surface area (Å²) in [6.07, 6.45) is 5.78. The molecule has 2 saturated carbocycles. The van der Waals surface area contributed by atoms with Crippen LogP contribution in [0.5, 0.6) is 0 Å². The summed E-state index contributed by atoms with van der Waals surface area (Å²) in [6.45, 7) is 9.12. The fraction of sp³-hybridized carbons (Fsp3) is 0.929. The maximum atomic E-state index is 12.0. The molecule has 4 atom stereocenters. The van der Waals surface area contributed by atoms with Gasteiger partial charge in [0.2, 0.25) is 5.91 Å². The van der Waals surface area contributed by atoms with Gasteiger partial charge in [-0.3, -0.25) is 4.79 Å². The van der Waals surface area contributed by atoms with E-state index in [9.17, 15) is 4.79 Å². The molecule has 2 aliphatic rings. The van der Waals surface area contributed by atoms with Gasteiger partial charge in [0.25, 0.3) is 0 Å². The number of thioether (sulfide) groups is 1. The number of carbonyl (C=O) groups is 1. The van der Waals surface area contributed by atoms with Crippen molar-refractivity contribution >= 4 is 17.7 Å². The molecule has 3 heteroatoms. The molecule has 0 spiro atoms. The highest BCUT2D eigenvalue weighted by Gasteiger charge is 2.61. The third kappa shape index (κ3) is 1.81. The van der Waals surface area contributed by atoms with E-state index in [2.05, 4.69) is 26.1 Å². The molecule has 1 N–H and O–H groups in total. The summed E-state index contributed by atoms with van der Waals surface area (Å²) >= 11 is 1.62. The highest BCUT2D eigenvalue weighted by molar-refractivity contribution is 7.99. The van der Waals surface area contributed by atoms with Crippen molar-refractivity contribution in [3.05, 3.63) is 0 Å². The SMILES string of the molecule is CS[C@H](C)C(=O)N[C@H]1C[C@H]2CC[C@@]1(C)C2(C)C. The average Bonchev–Trinajstić information content (AvgIpc) is 2.60. The van der Waals surface area contributed by atoms with Crippen LogP contribution in [0, 0.1) is 16.7 Å². The molecule has 2 fully saturated rings. The van der Waals surface area contributed by atoms with Crippen LogP contribution in [0.4, 0.5) is 0 Å². The molecule has 0 unspecified atom stereocenters. The predicted octanol–water partition coefficient (Wildman–Crippen LogP) is 3.07. The lowest BCUT2D eigenvalue weighted by Crippen LogP contribution is -2.48. The third-order valence-electron chi connectivity index (χ3n) is 5.83. The van der Waals surface area contributed by atoms with E-state index in [0.717, 1.165) is 5.92 Å². The van der Waals surface area contributed by atoms with E-state index >= 15 is 0 Å². The molecule has 0 saturated heterocycles. The molecular formula is C14H25NOS. The summed E-state index contributed by atoms with van der Waals surface area (Å²) in [5.41, 5.74) is 0.680. The Morgan fingerprint density at radius 3 is 2.47 bits per heavy atom. The topological polar surface area (TPSA) is 29.1 Å². The van der Waals surface area contributed by atoms with Crippen LogP contribution in [-0.2, 0) is 4.79 Å². The van der Waals surface area contributed by atoms with Crippen molar-refractivity contribution in [3.8, 4) is 0 Å². The largest absolute Gasteiger partial charge is 0.352 e. The van der Waals surface area contributed by atoms with E-state index in [1.807, 2.05) is 13.2 Å². The van der Waals surface area contributed by atoms with Gasteiger partial charge in [-0.1, -0.05) is 20.8 Å². The van der Waals surface area contributed by atoms with Gasteiger partial charge in [-0.25, -0.2) is 0 Å². The quantitative estimate of drug-likeness (QED) is 0.839. The van der Waals surface area contributed by atoms with Crippen molar-refractivity contribution in [2.24, 2.45) is 16.7 Å². The van der Waals surface area contributed by atoms with Gasteiger partial charge in [-0.2, -0.15) is 11.8 Å². The van der Waals surface area contributed by atoms with Crippen molar-refractivity contribution < 1.29 is 4.79 Å². The Hall–Kier alpha value is -0.180. The Morgan fingerprint density at radius 1 is 1.41 bits per heavy atom. The molecule has 0 heterocycles. The van der Waals surface area contributed by atoms with E-state index in [4.69, 9.17) is 0 Å². The Morgan fingerprint density at radius 2 is 2.06 bits per heavy atom. The standard InChI is InChI=1S/C14H25NOS/c1-9(17-5)12(16)15-11-8-10-6-7-14(11,4)13(10,2)3/h9-11H,6-8H2,1-5H3,(H,15,16)/t9-,10-,11+,14-/m1/s1. The zero-order valence-electron chi connectivity index (χ0n) is 11.7. The summed E-state index contributed by atoms with van der Waals surface area (Å²) in [5, 5.41) is 3.37. The van der Waals surface area contributed by atoms with E-state index in [1.165, 1.54) is 19.3 Å². The first kappa shape index (κ1) is 13.3.